The summed E-state index contributed by atoms with van der Waals surface area (Å²) in [7, 11) is 0. The second-order valence-corrected chi connectivity index (χ2v) is 3.40. The summed E-state index contributed by atoms with van der Waals surface area (Å²) < 4.78 is 5.30. The van der Waals surface area contributed by atoms with E-state index in [0.717, 1.165) is 0 Å². The van der Waals surface area contributed by atoms with Gasteiger partial charge in [-0.2, -0.15) is 0 Å². The third-order valence-electron chi connectivity index (χ3n) is 2.42. The van der Waals surface area contributed by atoms with E-state index in [1.54, 1.807) is 6.92 Å². The van der Waals surface area contributed by atoms with Crippen LogP contribution in [0, 0.1) is 0 Å². The van der Waals surface area contributed by atoms with Crippen LogP contribution in [-0.2, 0) is 4.74 Å². The Balaban J connectivity index is 2.63. The third kappa shape index (κ3) is 0.775. The number of rotatable bonds is 1. The number of epoxide rings is 1. The molecule has 1 rings (SSSR count). The maximum Gasteiger partial charge on any atom is 0.120 e. The van der Waals surface area contributed by atoms with Gasteiger partial charge in [-0.3, -0.25) is 0 Å². The molecule has 0 spiro atoms. The lowest BCUT2D eigenvalue weighted by atomic mass is 9.93. The van der Waals surface area contributed by atoms with Gasteiger partial charge in [-0.05, 0) is 27.7 Å². The first kappa shape index (κ1) is 7.03. The largest absolute Gasteiger partial charge is 0.390 e. The van der Waals surface area contributed by atoms with Crippen molar-refractivity contribution in [3.63, 3.8) is 0 Å². The van der Waals surface area contributed by atoms with Crippen LogP contribution < -0.4 is 0 Å². The summed E-state index contributed by atoms with van der Waals surface area (Å²) in [4.78, 5) is 0. The molecule has 1 aliphatic rings. The van der Waals surface area contributed by atoms with Crippen molar-refractivity contribution in [1.29, 1.82) is 0 Å². The molecule has 2 atom stereocenters. The predicted molar refractivity (Wildman–Crippen MR) is 35.2 cm³/mol. The molecular formula is C7H14O2. The van der Waals surface area contributed by atoms with Gasteiger partial charge < -0.3 is 9.84 Å². The highest BCUT2D eigenvalue weighted by molar-refractivity contribution is 5.10. The Morgan fingerprint density at radius 2 is 1.67 bits per heavy atom. The van der Waals surface area contributed by atoms with Crippen LogP contribution in [0.15, 0.2) is 0 Å². The Bertz CT molecular complexity index is 129. The number of hydrogen-bond donors (Lipinski definition) is 1. The summed E-state index contributed by atoms with van der Waals surface area (Å²) in [5.41, 5.74) is -0.422. The van der Waals surface area contributed by atoms with E-state index < -0.39 is 0 Å². The van der Waals surface area contributed by atoms with Crippen LogP contribution in [0.5, 0.6) is 0 Å². The molecule has 2 nitrogen and oxygen atoms in total. The van der Waals surface area contributed by atoms with Gasteiger partial charge in [0, 0.05) is 0 Å². The molecule has 0 amide bonds. The van der Waals surface area contributed by atoms with Crippen LogP contribution in [0.25, 0.3) is 0 Å². The average molecular weight is 130 g/mol. The standard InChI is InChI=1S/C7H14O2/c1-5(8)7(4)6(2,3)9-7/h5,8H,1-4H3/t5-,7-/m0/s1. The first-order valence-electron chi connectivity index (χ1n) is 3.28. The van der Waals surface area contributed by atoms with Crippen LogP contribution in [0.1, 0.15) is 27.7 Å². The first-order valence-corrected chi connectivity index (χ1v) is 3.28. The van der Waals surface area contributed by atoms with Crippen molar-refractivity contribution in [3.8, 4) is 0 Å². The maximum atomic E-state index is 9.16. The molecule has 1 aliphatic heterocycles. The Kier molecular flexibility index (Phi) is 1.17. The molecule has 0 aromatic rings. The zero-order chi connectivity index (χ0) is 7.28. The van der Waals surface area contributed by atoms with Crippen molar-refractivity contribution >= 4 is 0 Å². The number of hydrogen-bond acceptors (Lipinski definition) is 2. The molecule has 1 N–H and O–H groups in total. The van der Waals surface area contributed by atoms with Crippen LogP contribution in [0.2, 0.25) is 0 Å². The van der Waals surface area contributed by atoms with Gasteiger partial charge in [0.2, 0.25) is 0 Å². The number of aliphatic hydroxyl groups excluding tert-OH is 1. The molecule has 1 heterocycles. The summed E-state index contributed by atoms with van der Waals surface area (Å²) in [6.07, 6.45) is -0.368. The van der Waals surface area contributed by atoms with Gasteiger partial charge in [-0.25, -0.2) is 0 Å². The molecule has 0 aromatic carbocycles. The maximum absolute atomic E-state index is 9.16. The highest BCUT2D eigenvalue weighted by Gasteiger charge is 2.62. The highest BCUT2D eigenvalue weighted by atomic mass is 16.6. The fourth-order valence-corrected chi connectivity index (χ4v) is 1.09. The zero-order valence-corrected chi connectivity index (χ0v) is 6.43. The molecular weight excluding hydrogens is 116 g/mol. The molecule has 1 saturated heterocycles. The Hall–Kier alpha value is -0.0800. The second kappa shape index (κ2) is 1.50. The minimum atomic E-state index is -0.368. The fourth-order valence-electron chi connectivity index (χ4n) is 1.09. The van der Waals surface area contributed by atoms with Gasteiger partial charge in [0.05, 0.1) is 11.7 Å². The van der Waals surface area contributed by atoms with Crippen LogP contribution >= 0.6 is 0 Å². The van der Waals surface area contributed by atoms with Crippen molar-refractivity contribution in [2.24, 2.45) is 0 Å². The smallest absolute Gasteiger partial charge is 0.120 e. The van der Waals surface area contributed by atoms with Gasteiger partial charge in [0.25, 0.3) is 0 Å². The van der Waals surface area contributed by atoms with Crippen molar-refractivity contribution in [1.82, 2.24) is 0 Å². The predicted octanol–water partition coefficient (Wildman–Crippen LogP) is 0.935. The summed E-state index contributed by atoms with van der Waals surface area (Å²) >= 11 is 0. The molecule has 0 unspecified atom stereocenters. The zero-order valence-electron chi connectivity index (χ0n) is 6.43. The molecule has 0 aromatic heterocycles. The van der Waals surface area contributed by atoms with E-state index in [4.69, 9.17) is 9.84 Å². The van der Waals surface area contributed by atoms with Gasteiger partial charge in [-0.15, -0.1) is 0 Å². The minimum absolute atomic E-state index is 0.124. The van der Waals surface area contributed by atoms with Crippen LogP contribution in [0.3, 0.4) is 0 Å². The lowest BCUT2D eigenvalue weighted by Gasteiger charge is -2.10. The second-order valence-electron chi connectivity index (χ2n) is 3.40. The molecule has 0 bridgehead atoms. The van der Waals surface area contributed by atoms with Crippen LogP contribution in [0.4, 0.5) is 0 Å². The van der Waals surface area contributed by atoms with Gasteiger partial charge in [0.1, 0.15) is 5.60 Å². The van der Waals surface area contributed by atoms with Gasteiger partial charge in [-0.1, -0.05) is 0 Å². The Labute approximate surface area is 55.8 Å². The van der Waals surface area contributed by atoms with Crippen molar-refractivity contribution in [3.05, 3.63) is 0 Å². The number of ether oxygens (including phenoxy) is 1. The number of aliphatic hydroxyl groups is 1. The van der Waals surface area contributed by atoms with Gasteiger partial charge in [0.15, 0.2) is 0 Å². The summed E-state index contributed by atoms with van der Waals surface area (Å²) in [5.74, 6) is 0. The topological polar surface area (TPSA) is 32.8 Å². The van der Waals surface area contributed by atoms with E-state index in [0.29, 0.717) is 0 Å². The minimum Gasteiger partial charge on any atom is -0.390 e. The molecule has 0 aliphatic carbocycles. The third-order valence-corrected chi connectivity index (χ3v) is 2.42. The van der Waals surface area contributed by atoms with E-state index in [-0.39, 0.29) is 17.3 Å². The first-order chi connectivity index (χ1) is 3.90. The van der Waals surface area contributed by atoms with Crippen LogP contribution in [-0.4, -0.2) is 22.4 Å². The SMILES string of the molecule is C[C@H](O)[C@]1(C)OC1(C)C. The lowest BCUT2D eigenvalue weighted by molar-refractivity contribution is 0.100. The Morgan fingerprint density at radius 1 is 1.33 bits per heavy atom. The van der Waals surface area contributed by atoms with E-state index in [9.17, 15) is 0 Å². The van der Waals surface area contributed by atoms with E-state index in [1.165, 1.54) is 0 Å². The van der Waals surface area contributed by atoms with E-state index in [1.807, 2.05) is 20.8 Å². The molecule has 2 heteroatoms. The van der Waals surface area contributed by atoms with Crippen molar-refractivity contribution in [2.75, 3.05) is 0 Å². The molecule has 9 heavy (non-hydrogen) atoms. The Morgan fingerprint density at radius 3 is 1.67 bits per heavy atom. The monoisotopic (exact) mass is 130 g/mol. The quantitative estimate of drug-likeness (QED) is 0.536. The normalized spacial score (nSPS) is 42.3. The molecule has 0 saturated carbocycles. The molecule has 0 radical (unpaired) electrons. The average Bonchev–Trinajstić information content (AvgIpc) is 2.08. The molecule has 54 valence electrons. The highest BCUT2D eigenvalue weighted by Crippen LogP contribution is 2.49. The lowest BCUT2D eigenvalue weighted by Crippen LogP contribution is -2.29. The summed E-state index contributed by atoms with van der Waals surface area (Å²) in [6.45, 7) is 7.66. The summed E-state index contributed by atoms with van der Waals surface area (Å²) in [6, 6.07) is 0. The molecule has 1 fully saturated rings. The van der Waals surface area contributed by atoms with E-state index in [2.05, 4.69) is 0 Å². The van der Waals surface area contributed by atoms with E-state index >= 15 is 0 Å². The summed E-state index contributed by atoms with van der Waals surface area (Å²) in [5, 5.41) is 9.16. The fraction of sp³-hybridized carbons (Fsp3) is 1.00. The van der Waals surface area contributed by atoms with Crippen molar-refractivity contribution in [2.45, 2.75) is 45.0 Å². The van der Waals surface area contributed by atoms with Gasteiger partial charge >= 0.3 is 0 Å². The van der Waals surface area contributed by atoms with Crippen molar-refractivity contribution < 1.29 is 9.84 Å².